The monoisotopic (exact) mass is 170 g/mol. The third-order valence-electron chi connectivity index (χ3n) is 2.95. The van der Waals surface area contributed by atoms with Crippen LogP contribution in [0.25, 0.3) is 0 Å². The van der Waals surface area contributed by atoms with Crippen LogP contribution in [0.4, 0.5) is 0 Å². The average Bonchev–Trinajstić information content (AvgIpc) is 1.89. The molecule has 0 aromatic heterocycles. The van der Waals surface area contributed by atoms with Crippen LogP contribution in [-0.2, 0) is 0 Å². The second kappa shape index (κ2) is 3.73. The minimum atomic E-state index is 0.365. The van der Waals surface area contributed by atoms with E-state index in [1.807, 2.05) is 0 Å². The molecule has 0 aromatic rings. The third kappa shape index (κ3) is 1.79. The molecular formula is C9H18N2O. The number of aliphatic hydroxyl groups excluding tert-OH is 1. The van der Waals surface area contributed by atoms with E-state index in [-0.39, 0.29) is 0 Å². The van der Waals surface area contributed by atoms with Crippen LogP contribution >= 0.6 is 0 Å². The fourth-order valence-electron chi connectivity index (χ4n) is 2.03. The minimum absolute atomic E-state index is 0.365. The number of hydrogen-bond donors (Lipinski definition) is 2. The minimum Gasteiger partial charge on any atom is -0.396 e. The normalized spacial score (nSPS) is 26.8. The molecule has 0 atom stereocenters. The average molecular weight is 170 g/mol. The Morgan fingerprint density at radius 3 is 2.50 bits per heavy atom. The van der Waals surface area contributed by atoms with Crippen molar-refractivity contribution in [1.29, 1.82) is 0 Å². The van der Waals surface area contributed by atoms with Gasteiger partial charge in [-0.2, -0.15) is 0 Å². The molecule has 0 unspecified atom stereocenters. The summed E-state index contributed by atoms with van der Waals surface area (Å²) in [6.45, 7) is 6.49. The molecule has 2 aliphatic heterocycles. The van der Waals surface area contributed by atoms with Crippen molar-refractivity contribution in [1.82, 2.24) is 10.2 Å². The summed E-state index contributed by atoms with van der Waals surface area (Å²) in [6.07, 6.45) is 0.999. The van der Waals surface area contributed by atoms with Crippen LogP contribution in [0.15, 0.2) is 0 Å². The van der Waals surface area contributed by atoms with Crippen molar-refractivity contribution < 1.29 is 5.11 Å². The van der Waals surface area contributed by atoms with Gasteiger partial charge in [-0.05, 0) is 18.3 Å². The van der Waals surface area contributed by atoms with E-state index in [1.165, 1.54) is 32.7 Å². The number of hydrogen-bond acceptors (Lipinski definition) is 3. The summed E-state index contributed by atoms with van der Waals surface area (Å²) in [5.41, 5.74) is 0. The number of nitrogens with zero attached hydrogens (tertiary/aromatic N) is 1. The molecule has 0 bridgehead atoms. The summed E-state index contributed by atoms with van der Waals surface area (Å²) in [6, 6.07) is 0. The van der Waals surface area contributed by atoms with Gasteiger partial charge in [0.15, 0.2) is 0 Å². The van der Waals surface area contributed by atoms with Gasteiger partial charge in [0.25, 0.3) is 0 Å². The molecule has 3 heteroatoms. The smallest absolute Gasteiger partial charge is 0.0434 e. The highest BCUT2D eigenvalue weighted by molar-refractivity contribution is 4.85. The molecular weight excluding hydrogens is 152 g/mol. The Balaban J connectivity index is 1.55. The van der Waals surface area contributed by atoms with Crippen molar-refractivity contribution in [2.24, 2.45) is 11.8 Å². The molecule has 0 aliphatic carbocycles. The van der Waals surface area contributed by atoms with Gasteiger partial charge in [0.2, 0.25) is 0 Å². The van der Waals surface area contributed by atoms with Crippen molar-refractivity contribution in [3.63, 3.8) is 0 Å². The van der Waals surface area contributed by atoms with Gasteiger partial charge in [-0.1, -0.05) is 0 Å². The van der Waals surface area contributed by atoms with Gasteiger partial charge in [0, 0.05) is 39.3 Å². The lowest BCUT2D eigenvalue weighted by molar-refractivity contribution is 0.0548. The Kier molecular flexibility index (Phi) is 2.63. The number of aliphatic hydroxyl groups is 1. The lowest BCUT2D eigenvalue weighted by Crippen LogP contribution is -2.54. The number of nitrogens with one attached hydrogen (secondary N) is 1. The Morgan fingerprint density at radius 2 is 2.00 bits per heavy atom. The van der Waals surface area contributed by atoms with E-state index in [4.69, 9.17) is 5.11 Å². The van der Waals surface area contributed by atoms with Crippen LogP contribution in [0.2, 0.25) is 0 Å². The fraction of sp³-hybridized carbons (Fsp3) is 1.00. The lowest BCUT2D eigenvalue weighted by atomic mass is 9.93. The first-order chi connectivity index (χ1) is 5.88. The molecule has 3 nitrogen and oxygen atoms in total. The summed E-state index contributed by atoms with van der Waals surface area (Å²) < 4.78 is 0. The third-order valence-corrected chi connectivity index (χ3v) is 2.95. The summed E-state index contributed by atoms with van der Waals surface area (Å²) >= 11 is 0. The van der Waals surface area contributed by atoms with E-state index < -0.39 is 0 Å². The highest BCUT2D eigenvalue weighted by atomic mass is 16.3. The summed E-state index contributed by atoms with van der Waals surface area (Å²) in [5.74, 6) is 1.68. The first-order valence-electron chi connectivity index (χ1n) is 4.92. The van der Waals surface area contributed by atoms with E-state index in [9.17, 15) is 0 Å². The van der Waals surface area contributed by atoms with E-state index in [1.54, 1.807) is 0 Å². The molecule has 2 saturated heterocycles. The highest BCUT2D eigenvalue weighted by Gasteiger charge is 2.29. The summed E-state index contributed by atoms with van der Waals surface area (Å²) in [5, 5.41) is 12.0. The van der Waals surface area contributed by atoms with Crippen molar-refractivity contribution in [3.8, 4) is 0 Å². The van der Waals surface area contributed by atoms with Gasteiger partial charge in [-0.25, -0.2) is 0 Å². The van der Waals surface area contributed by atoms with Gasteiger partial charge < -0.3 is 15.3 Å². The van der Waals surface area contributed by atoms with Gasteiger partial charge in [0.1, 0.15) is 0 Å². The Bertz CT molecular complexity index is 141. The van der Waals surface area contributed by atoms with Gasteiger partial charge >= 0.3 is 0 Å². The largest absolute Gasteiger partial charge is 0.396 e. The molecule has 2 aliphatic rings. The van der Waals surface area contributed by atoms with Crippen LogP contribution in [0.5, 0.6) is 0 Å². The maximum absolute atomic E-state index is 8.70. The van der Waals surface area contributed by atoms with E-state index in [0.29, 0.717) is 6.61 Å². The molecule has 2 N–H and O–H groups in total. The van der Waals surface area contributed by atoms with Crippen LogP contribution < -0.4 is 5.32 Å². The summed E-state index contributed by atoms with van der Waals surface area (Å²) in [4.78, 5) is 2.51. The molecule has 2 fully saturated rings. The second-order valence-corrected chi connectivity index (χ2v) is 4.12. The number of rotatable bonds is 4. The topological polar surface area (TPSA) is 35.5 Å². The van der Waals surface area contributed by atoms with Gasteiger partial charge in [0.05, 0.1) is 0 Å². The molecule has 0 saturated carbocycles. The maximum Gasteiger partial charge on any atom is 0.0434 e. The highest BCUT2D eigenvalue weighted by Crippen LogP contribution is 2.20. The standard InChI is InChI=1S/C9H18N2O/c12-2-1-8-5-11(6-8)7-9-3-10-4-9/h8-10,12H,1-7H2. The Hall–Kier alpha value is -0.120. The Labute approximate surface area is 73.8 Å². The molecule has 2 heterocycles. The summed E-state index contributed by atoms with van der Waals surface area (Å²) in [7, 11) is 0. The predicted molar refractivity (Wildman–Crippen MR) is 48.0 cm³/mol. The van der Waals surface area contributed by atoms with Crippen LogP contribution in [0.1, 0.15) is 6.42 Å². The van der Waals surface area contributed by atoms with Crippen molar-refractivity contribution >= 4 is 0 Å². The molecule has 0 radical (unpaired) electrons. The molecule has 0 spiro atoms. The SMILES string of the molecule is OCCC1CN(CC2CNC2)C1. The molecule has 0 amide bonds. The van der Waals surface area contributed by atoms with E-state index in [0.717, 1.165) is 18.3 Å². The van der Waals surface area contributed by atoms with Crippen molar-refractivity contribution in [2.75, 3.05) is 39.3 Å². The van der Waals surface area contributed by atoms with E-state index in [2.05, 4.69) is 10.2 Å². The fourth-order valence-corrected chi connectivity index (χ4v) is 2.03. The zero-order valence-electron chi connectivity index (χ0n) is 7.50. The molecule has 2 rings (SSSR count). The second-order valence-electron chi connectivity index (χ2n) is 4.12. The Morgan fingerprint density at radius 1 is 1.25 bits per heavy atom. The van der Waals surface area contributed by atoms with Crippen molar-refractivity contribution in [2.45, 2.75) is 6.42 Å². The quantitative estimate of drug-likeness (QED) is 0.598. The molecule has 70 valence electrons. The zero-order valence-corrected chi connectivity index (χ0v) is 7.50. The first-order valence-corrected chi connectivity index (χ1v) is 4.92. The van der Waals surface area contributed by atoms with Gasteiger partial charge in [-0.3, -0.25) is 0 Å². The van der Waals surface area contributed by atoms with Crippen LogP contribution in [0.3, 0.4) is 0 Å². The van der Waals surface area contributed by atoms with Gasteiger partial charge in [-0.15, -0.1) is 0 Å². The van der Waals surface area contributed by atoms with E-state index >= 15 is 0 Å². The first kappa shape index (κ1) is 8.48. The molecule has 12 heavy (non-hydrogen) atoms. The lowest BCUT2D eigenvalue weighted by Gasteiger charge is -2.43. The van der Waals surface area contributed by atoms with Crippen molar-refractivity contribution in [3.05, 3.63) is 0 Å². The molecule has 0 aromatic carbocycles. The van der Waals surface area contributed by atoms with Crippen LogP contribution in [0, 0.1) is 11.8 Å². The maximum atomic E-state index is 8.70. The van der Waals surface area contributed by atoms with Crippen LogP contribution in [-0.4, -0.2) is 49.3 Å². The predicted octanol–water partition coefficient (Wildman–Crippen LogP) is -0.480. The number of likely N-dealkylation sites (tertiary alicyclic amines) is 1. The zero-order chi connectivity index (χ0) is 8.39.